The molecule has 6 nitrogen and oxygen atoms in total. The highest BCUT2D eigenvalue weighted by atomic mass is 16.5. The predicted octanol–water partition coefficient (Wildman–Crippen LogP) is 2.23. The summed E-state index contributed by atoms with van der Waals surface area (Å²) in [6.45, 7) is 5.85. The van der Waals surface area contributed by atoms with Gasteiger partial charge in [-0.2, -0.15) is 4.98 Å². The number of aromatic nitrogens is 2. The predicted molar refractivity (Wildman–Crippen MR) is 88.5 cm³/mol. The molecule has 24 heavy (non-hydrogen) atoms. The van der Waals surface area contributed by atoms with Gasteiger partial charge < -0.3 is 14.2 Å². The van der Waals surface area contributed by atoms with Gasteiger partial charge in [0, 0.05) is 32.4 Å². The van der Waals surface area contributed by atoms with E-state index in [9.17, 15) is 4.79 Å². The molecule has 2 heterocycles. The summed E-state index contributed by atoms with van der Waals surface area (Å²) in [4.78, 5) is 18.6. The van der Waals surface area contributed by atoms with Crippen molar-refractivity contribution < 1.29 is 14.1 Å². The quantitative estimate of drug-likeness (QED) is 0.841. The number of hydrogen-bond donors (Lipinski definition) is 0. The summed E-state index contributed by atoms with van der Waals surface area (Å²) in [5.74, 6) is 1.27. The molecule has 1 aliphatic heterocycles. The minimum Gasteiger partial charge on any atom is -0.372 e. The fourth-order valence-corrected chi connectivity index (χ4v) is 2.84. The van der Waals surface area contributed by atoms with Crippen molar-refractivity contribution in [3.8, 4) is 0 Å². The van der Waals surface area contributed by atoms with Gasteiger partial charge in [-0.25, -0.2) is 0 Å². The molecule has 2 aromatic rings. The van der Waals surface area contributed by atoms with Crippen LogP contribution in [0.15, 0.2) is 34.9 Å². The minimum atomic E-state index is -0.277. The molecule has 1 fully saturated rings. The first-order valence-corrected chi connectivity index (χ1v) is 8.29. The Balaban J connectivity index is 1.51. The van der Waals surface area contributed by atoms with E-state index in [0.29, 0.717) is 50.7 Å². The molecule has 128 valence electrons. The summed E-state index contributed by atoms with van der Waals surface area (Å²) < 4.78 is 10.9. The number of hydrogen-bond acceptors (Lipinski definition) is 5. The van der Waals surface area contributed by atoms with E-state index >= 15 is 0 Å². The van der Waals surface area contributed by atoms with Crippen LogP contribution in [0.5, 0.6) is 0 Å². The van der Waals surface area contributed by atoms with Crippen molar-refractivity contribution in [1.29, 1.82) is 0 Å². The first-order valence-electron chi connectivity index (χ1n) is 8.29. The Morgan fingerprint density at radius 3 is 2.83 bits per heavy atom. The van der Waals surface area contributed by atoms with Crippen LogP contribution in [0.3, 0.4) is 0 Å². The van der Waals surface area contributed by atoms with E-state index < -0.39 is 0 Å². The van der Waals surface area contributed by atoms with Gasteiger partial charge in [-0.1, -0.05) is 35.5 Å². The van der Waals surface area contributed by atoms with Crippen molar-refractivity contribution in [3.63, 3.8) is 0 Å². The summed E-state index contributed by atoms with van der Waals surface area (Å²) in [7, 11) is 0. The van der Waals surface area contributed by atoms with Crippen molar-refractivity contribution in [2.45, 2.75) is 38.7 Å². The summed E-state index contributed by atoms with van der Waals surface area (Å²) in [5.41, 5.74) is 0.859. The molecule has 0 bridgehead atoms. The Kier molecular flexibility index (Phi) is 4.94. The molecule has 1 aromatic carbocycles. The monoisotopic (exact) mass is 329 g/mol. The fraction of sp³-hybridized carbons (Fsp3) is 0.500. The van der Waals surface area contributed by atoms with Gasteiger partial charge in [0.1, 0.15) is 0 Å². The standard InChI is InChI=1S/C18H23N3O3/c1-18(2)13-21(10-11-23-18)17(22)9-8-16-19-15(20-24-16)12-14-6-4-3-5-7-14/h3-7H,8-13H2,1-2H3. The average Bonchev–Trinajstić information content (AvgIpc) is 3.00. The highest BCUT2D eigenvalue weighted by Gasteiger charge is 2.29. The van der Waals surface area contributed by atoms with Crippen LogP contribution in [0.4, 0.5) is 0 Å². The van der Waals surface area contributed by atoms with Gasteiger partial charge >= 0.3 is 0 Å². The van der Waals surface area contributed by atoms with Crippen LogP contribution in [0.1, 0.15) is 37.5 Å². The van der Waals surface area contributed by atoms with Crippen LogP contribution < -0.4 is 0 Å². The highest BCUT2D eigenvalue weighted by Crippen LogP contribution is 2.17. The first-order chi connectivity index (χ1) is 11.5. The summed E-state index contributed by atoms with van der Waals surface area (Å²) in [5, 5.41) is 3.99. The molecule has 0 atom stereocenters. The molecular formula is C18H23N3O3. The zero-order chi connectivity index (χ0) is 17.0. The minimum absolute atomic E-state index is 0.106. The molecule has 0 N–H and O–H groups in total. The molecule has 1 saturated heterocycles. The van der Waals surface area contributed by atoms with Crippen LogP contribution in [0, 0.1) is 0 Å². The summed E-state index contributed by atoms with van der Waals surface area (Å²) >= 11 is 0. The van der Waals surface area contributed by atoms with E-state index in [1.54, 1.807) is 0 Å². The van der Waals surface area contributed by atoms with E-state index in [4.69, 9.17) is 9.26 Å². The van der Waals surface area contributed by atoms with Crippen LogP contribution in [0.2, 0.25) is 0 Å². The fourth-order valence-electron chi connectivity index (χ4n) is 2.84. The van der Waals surface area contributed by atoms with Crippen molar-refractivity contribution in [1.82, 2.24) is 15.0 Å². The maximum absolute atomic E-state index is 12.3. The smallest absolute Gasteiger partial charge is 0.227 e. The van der Waals surface area contributed by atoms with Gasteiger partial charge in [0.2, 0.25) is 11.8 Å². The maximum atomic E-state index is 12.3. The van der Waals surface area contributed by atoms with Crippen molar-refractivity contribution in [2.75, 3.05) is 19.7 Å². The van der Waals surface area contributed by atoms with Crippen LogP contribution >= 0.6 is 0 Å². The van der Waals surface area contributed by atoms with Gasteiger partial charge in [-0.15, -0.1) is 0 Å². The second-order valence-corrected chi connectivity index (χ2v) is 6.69. The third-order valence-corrected chi connectivity index (χ3v) is 4.05. The Morgan fingerprint density at radius 2 is 2.08 bits per heavy atom. The number of benzene rings is 1. The number of morpholine rings is 1. The van der Waals surface area contributed by atoms with Crippen LogP contribution in [-0.2, 0) is 22.4 Å². The topological polar surface area (TPSA) is 68.5 Å². The van der Waals surface area contributed by atoms with E-state index in [2.05, 4.69) is 10.1 Å². The normalized spacial score (nSPS) is 17.0. The van der Waals surface area contributed by atoms with Crippen LogP contribution in [0.25, 0.3) is 0 Å². The zero-order valence-corrected chi connectivity index (χ0v) is 14.2. The lowest BCUT2D eigenvalue weighted by Crippen LogP contribution is -2.50. The van der Waals surface area contributed by atoms with Gasteiger partial charge in [0.05, 0.1) is 12.2 Å². The lowest BCUT2D eigenvalue weighted by atomic mass is 10.1. The molecule has 1 aliphatic rings. The number of nitrogens with zero attached hydrogens (tertiary/aromatic N) is 3. The number of ether oxygens (including phenoxy) is 1. The lowest BCUT2D eigenvalue weighted by molar-refractivity contribution is -0.145. The largest absolute Gasteiger partial charge is 0.372 e. The van der Waals surface area contributed by atoms with Crippen molar-refractivity contribution >= 4 is 5.91 Å². The first kappa shape index (κ1) is 16.6. The number of aryl methyl sites for hydroxylation is 1. The Hall–Kier alpha value is -2.21. The molecule has 3 rings (SSSR count). The van der Waals surface area contributed by atoms with E-state index in [-0.39, 0.29) is 11.5 Å². The van der Waals surface area contributed by atoms with Crippen LogP contribution in [-0.4, -0.2) is 46.2 Å². The molecule has 0 unspecified atom stereocenters. The second kappa shape index (κ2) is 7.13. The lowest BCUT2D eigenvalue weighted by Gasteiger charge is -2.38. The van der Waals surface area contributed by atoms with Gasteiger partial charge in [0.15, 0.2) is 5.82 Å². The number of rotatable bonds is 5. The van der Waals surface area contributed by atoms with E-state index in [1.807, 2.05) is 49.1 Å². The van der Waals surface area contributed by atoms with Crippen molar-refractivity contribution in [2.24, 2.45) is 0 Å². The van der Waals surface area contributed by atoms with E-state index in [0.717, 1.165) is 5.56 Å². The Labute approximate surface area is 141 Å². The Bertz CT molecular complexity index is 682. The third kappa shape index (κ3) is 4.41. The maximum Gasteiger partial charge on any atom is 0.227 e. The third-order valence-electron chi connectivity index (χ3n) is 4.05. The molecule has 1 aromatic heterocycles. The molecule has 6 heteroatoms. The molecule has 0 aliphatic carbocycles. The van der Waals surface area contributed by atoms with Gasteiger partial charge in [-0.3, -0.25) is 4.79 Å². The molecule has 0 radical (unpaired) electrons. The average molecular weight is 329 g/mol. The summed E-state index contributed by atoms with van der Waals surface area (Å²) in [6, 6.07) is 10.0. The number of amides is 1. The molecule has 1 amide bonds. The Morgan fingerprint density at radius 1 is 1.29 bits per heavy atom. The number of carbonyl (C=O) groups excluding carboxylic acids is 1. The van der Waals surface area contributed by atoms with E-state index in [1.165, 1.54) is 0 Å². The molecular weight excluding hydrogens is 306 g/mol. The second-order valence-electron chi connectivity index (χ2n) is 6.69. The highest BCUT2D eigenvalue weighted by molar-refractivity contribution is 5.76. The summed E-state index contributed by atoms with van der Waals surface area (Å²) in [6.07, 6.45) is 1.48. The van der Waals surface area contributed by atoms with Crippen molar-refractivity contribution in [3.05, 3.63) is 47.6 Å². The van der Waals surface area contributed by atoms with Gasteiger partial charge in [0.25, 0.3) is 0 Å². The molecule has 0 spiro atoms. The molecule has 0 saturated carbocycles. The SMILES string of the molecule is CC1(C)CN(C(=O)CCc2nc(Cc3ccccc3)no2)CCO1. The zero-order valence-electron chi connectivity index (χ0n) is 14.2. The number of carbonyl (C=O) groups is 1. The van der Waals surface area contributed by atoms with Gasteiger partial charge in [-0.05, 0) is 19.4 Å².